The van der Waals surface area contributed by atoms with E-state index in [9.17, 15) is 14.4 Å². The van der Waals surface area contributed by atoms with Gasteiger partial charge >= 0.3 is 6.09 Å². The summed E-state index contributed by atoms with van der Waals surface area (Å²) in [6.45, 7) is 1.73. The van der Waals surface area contributed by atoms with E-state index in [1.165, 1.54) is 18.9 Å². The summed E-state index contributed by atoms with van der Waals surface area (Å²) in [4.78, 5) is 36.6. The summed E-state index contributed by atoms with van der Waals surface area (Å²) in [7, 11) is 2.89. The van der Waals surface area contributed by atoms with Crippen LogP contribution in [0.1, 0.15) is 6.92 Å². The van der Waals surface area contributed by atoms with E-state index >= 15 is 0 Å². The molecule has 0 aliphatic carbocycles. The average Bonchev–Trinajstić information content (AvgIpc) is 2.54. The minimum absolute atomic E-state index is 0.0957. The van der Waals surface area contributed by atoms with Crippen LogP contribution in [0.2, 0.25) is 0 Å². The molecule has 2 atom stereocenters. The smallest absolute Gasteiger partial charge is 0.413 e. The van der Waals surface area contributed by atoms with Crippen molar-refractivity contribution in [1.82, 2.24) is 5.32 Å². The van der Waals surface area contributed by atoms with Crippen LogP contribution in [0.15, 0.2) is 29.2 Å². The zero-order chi connectivity index (χ0) is 17.4. The molecular weight excluding hydrogens is 318 g/mol. The number of ether oxygens (including phenoxy) is 1. The number of quaternary nitrogens is 1. The van der Waals surface area contributed by atoms with Crippen LogP contribution in [0.4, 0.5) is 10.5 Å². The number of carbonyl (C=O) groups is 3. The number of amides is 3. The maximum Gasteiger partial charge on any atom is 0.413 e. The summed E-state index contributed by atoms with van der Waals surface area (Å²) in [6.07, 6.45) is 1.12. The van der Waals surface area contributed by atoms with Gasteiger partial charge < -0.3 is 15.0 Å². The van der Waals surface area contributed by atoms with Crippen LogP contribution in [-0.2, 0) is 14.3 Å². The number of hydrogen-bond acceptors (Lipinski definition) is 5. The van der Waals surface area contributed by atoms with Gasteiger partial charge in [-0.3, -0.25) is 14.9 Å². The van der Waals surface area contributed by atoms with Gasteiger partial charge in [0.2, 0.25) is 0 Å². The summed E-state index contributed by atoms with van der Waals surface area (Å²) in [5.41, 5.74) is 0.740. The van der Waals surface area contributed by atoms with Gasteiger partial charge in [-0.1, -0.05) is 12.1 Å². The fraction of sp³-hybridized carbons (Fsp3) is 0.400. The number of alkyl carbamates (subject to hydrolysis) is 1. The molecule has 126 valence electrons. The number of para-hydroxylation sites is 1. The van der Waals surface area contributed by atoms with Gasteiger partial charge in [0.25, 0.3) is 11.8 Å². The zero-order valence-corrected chi connectivity index (χ0v) is 14.5. The van der Waals surface area contributed by atoms with E-state index in [-0.39, 0.29) is 12.5 Å². The molecule has 3 amide bonds. The van der Waals surface area contributed by atoms with E-state index in [0.717, 1.165) is 10.6 Å². The van der Waals surface area contributed by atoms with Gasteiger partial charge in [0, 0.05) is 4.90 Å². The van der Waals surface area contributed by atoms with Crippen molar-refractivity contribution < 1.29 is 24.0 Å². The van der Waals surface area contributed by atoms with Crippen molar-refractivity contribution >= 4 is 35.4 Å². The monoisotopic (exact) mass is 340 g/mol. The van der Waals surface area contributed by atoms with E-state index in [4.69, 9.17) is 0 Å². The van der Waals surface area contributed by atoms with Crippen LogP contribution in [0.3, 0.4) is 0 Å². The third-order valence-electron chi connectivity index (χ3n) is 3.36. The summed E-state index contributed by atoms with van der Waals surface area (Å²) >= 11 is 1.54. The first-order chi connectivity index (χ1) is 10.9. The third kappa shape index (κ3) is 5.91. The largest absolute Gasteiger partial charge is 0.453 e. The van der Waals surface area contributed by atoms with E-state index in [1.807, 2.05) is 30.5 Å². The lowest BCUT2D eigenvalue weighted by molar-refractivity contribution is -0.885. The lowest BCUT2D eigenvalue weighted by Crippen LogP contribution is -3.15. The molecule has 0 aliphatic rings. The second-order valence-corrected chi connectivity index (χ2v) is 5.82. The molecule has 7 nitrogen and oxygen atoms in total. The average molecular weight is 340 g/mol. The van der Waals surface area contributed by atoms with Gasteiger partial charge in [-0.05, 0) is 25.3 Å². The maximum absolute atomic E-state index is 12.1. The lowest BCUT2D eigenvalue weighted by Gasteiger charge is -2.20. The molecule has 0 saturated heterocycles. The number of imide groups is 1. The minimum atomic E-state index is -0.812. The summed E-state index contributed by atoms with van der Waals surface area (Å²) in [5, 5.41) is 4.93. The number of nitrogens with one attached hydrogen (secondary N) is 3. The number of methoxy groups -OCH3 is 1. The molecule has 3 N–H and O–H groups in total. The van der Waals surface area contributed by atoms with E-state index < -0.39 is 18.0 Å². The maximum atomic E-state index is 12.1. The van der Waals surface area contributed by atoms with Crippen molar-refractivity contribution in [3.8, 4) is 0 Å². The first kappa shape index (κ1) is 19.0. The summed E-state index contributed by atoms with van der Waals surface area (Å²) < 4.78 is 4.37. The quantitative estimate of drug-likeness (QED) is 0.641. The number of hydrogen-bond donors (Lipinski definition) is 3. The second kappa shape index (κ2) is 9.16. The number of thioether (sulfide) groups is 1. The topological polar surface area (TPSA) is 88.9 Å². The molecule has 0 radical (unpaired) electrons. The molecule has 0 fully saturated rings. The predicted molar refractivity (Wildman–Crippen MR) is 88.6 cm³/mol. The first-order valence-corrected chi connectivity index (χ1v) is 8.25. The van der Waals surface area contributed by atoms with Crippen LogP contribution in [0.5, 0.6) is 0 Å². The van der Waals surface area contributed by atoms with E-state index in [1.54, 1.807) is 14.0 Å². The molecular formula is C15H22N3O4S+. The summed E-state index contributed by atoms with van der Waals surface area (Å²) in [5.74, 6) is -0.701. The highest BCUT2D eigenvalue weighted by atomic mass is 32.2. The Labute approximate surface area is 139 Å². The Morgan fingerprint density at radius 1 is 1.30 bits per heavy atom. The fourth-order valence-electron chi connectivity index (χ4n) is 1.83. The number of anilines is 1. The molecule has 0 heterocycles. The summed E-state index contributed by atoms with van der Waals surface area (Å²) in [6, 6.07) is 6.92. The van der Waals surface area contributed by atoms with Crippen molar-refractivity contribution in [1.29, 1.82) is 0 Å². The molecule has 0 spiro atoms. The van der Waals surface area contributed by atoms with E-state index in [2.05, 4.69) is 15.4 Å². The van der Waals surface area contributed by atoms with Gasteiger partial charge in [0.05, 0.1) is 19.8 Å². The molecule has 1 unspecified atom stereocenters. The van der Waals surface area contributed by atoms with Gasteiger partial charge in [-0.2, -0.15) is 0 Å². The van der Waals surface area contributed by atoms with Crippen molar-refractivity contribution in [2.24, 2.45) is 0 Å². The highest BCUT2D eigenvalue weighted by Gasteiger charge is 2.25. The van der Waals surface area contributed by atoms with Gasteiger partial charge in [0.1, 0.15) is 0 Å². The van der Waals surface area contributed by atoms with Crippen LogP contribution in [0, 0.1) is 0 Å². The predicted octanol–water partition coefficient (Wildman–Crippen LogP) is 0.133. The third-order valence-corrected chi connectivity index (χ3v) is 4.16. The van der Waals surface area contributed by atoms with Crippen molar-refractivity contribution in [2.75, 3.05) is 32.3 Å². The molecule has 0 aliphatic heterocycles. The molecule has 1 rings (SSSR count). The molecule has 23 heavy (non-hydrogen) atoms. The molecule has 1 aromatic carbocycles. The Morgan fingerprint density at radius 2 is 1.96 bits per heavy atom. The van der Waals surface area contributed by atoms with Crippen LogP contribution >= 0.6 is 11.8 Å². The van der Waals surface area contributed by atoms with Crippen molar-refractivity contribution in [2.45, 2.75) is 17.9 Å². The van der Waals surface area contributed by atoms with Gasteiger partial charge in [-0.25, -0.2) is 4.79 Å². The molecule has 0 saturated carbocycles. The molecule has 0 bridgehead atoms. The number of likely N-dealkylation sites (N-methyl/N-ethyl adjacent to an activating group) is 1. The minimum Gasteiger partial charge on any atom is -0.453 e. The second-order valence-electron chi connectivity index (χ2n) is 4.97. The van der Waals surface area contributed by atoms with Crippen molar-refractivity contribution in [3.63, 3.8) is 0 Å². The molecule has 1 aromatic rings. The Kier molecular flexibility index (Phi) is 7.56. The number of carbonyl (C=O) groups excluding carboxylic acids is 3. The van der Waals surface area contributed by atoms with Gasteiger partial charge in [0.15, 0.2) is 12.6 Å². The highest BCUT2D eigenvalue weighted by molar-refractivity contribution is 7.98. The van der Waals surface area contributed by atoms with E-state index in [0.29, 0.717) is 4.90 Å². The van der Waals surface area contributed by atoms with Crippen LogP contribution < -0.4 is 15.5 Å². The molecule has 8 heteroatoms. The number of rotatable bonds is 6. The lowest BCUT2D eigenvalue weighted by atomic mass is 10.2. The Balaban J connectivity index is 2.59. The Bertz CT molecular complexity index is 580. The Hall–Kier alpha value is -2.06. The van der Waals surface area contributed by atoms with Crippen LogP contribution in [0.25, 0.3) is 0 Å². The Morgan fingerprint density at radius 3 is 2.57 bits per heavy atom. The molecule has 0 aromatic heterocycles. The SMILES string of the molecule is COC(=O)NC(=O)[C@H](C)[NH+](C)CC(=O)Nc1ccccc1SC. The number of benzene rings is 1. The zero-order valence-electron chi connectivity index (χ0n) is 13.6. The van der Waals surface area contributed by atoms with Crippen LogP contribution in [-0.4, -0.2) is 50.9 Å². The normalized spacial score (nSPS) is 12.9. The first-order valence-electron chi connectivity index (χ1n) is 7.03. The fourth-order valence-corrected chi connectivity index (χ4v) is 2.39. The standard InChI is InChI=1S/C15H21N3O4S/c1-10(14(20)17-15(21)22-3)18(2)9-13(19)16-11-7-5-6-8-12(11)23-4/h5-8,10H,9H2,1-4H3,(H,16,19)(H,17,20,21)/p+1/t10-/m0/s1. The van der Waals surface area contributed by atoms with Gasteiger partial charge in [-0.15, -0.1) is 11.8 Å². The highest BCUT2D eigenvalue weighted by Crippen LogP contribution is 2.24. The van der Waals surface area contributed by atoms with Crippen molar-refractivity contribution in [3.05, 3.63) is 24.3 Å².